The number of aromatic nitrogens is 1. The fourth-order valence-corrected chi connectivity index (χ4v) is 6.14. The SMILES string of the molecule is CC1Cc2c([nH]c3ccccc23)CN1CC(F)(F)F.Fc1cc(F)cc(N2CCCC3(CCNC3)C2)c1. The number of rotatable bonds is 2. The first-order chi connectivity index (χ1) is 17.6. The van der Waals surface area contributed by atoms with Gasteiger partial charge in [-0.15, -0.1) is 0 Å². The summed E-state index contributed by atoms with van der Waals surface area (Å²) in [6.07, 6.45) is 0.00259. The zero-order valence-corrected chi connectivity index (χ0v) is 21.0. The highest BCUT2D eigenvalue weighted by atomic mass is 19.4. The number of hydrogen-bond acceptors (Lipinski definition) is 3. The Kier molecular flexibility index (Phi) is 7.20. The summed E-state index contributed by atoms with van der Waals surface area (Å²) in [4.78, 5) is 6.85. The molecule has 37 heavy (non-hydrogen) atoms. The van der Waals surface area contributed by atoms with Crippen LogP contribution in [0.5, 0.6) is 0 Å². The smallest absolute Gasteiger partial charge is 0.371 e. The lowest BCUT2D eigenvalue weighted by molar-refractivity contribution is -0.152. The van der Waals surface area contributed by atoms with Gasteiger partial charge in [0.2, 0.25) is 0 Å². The van der Waals surface area contributed by atoms with Crippen molar-refractivity contribution >= 4 is 16.6 Å². The molecule has 3 aromatic rings. The number of alkyl halides is 3. The second kappa shape index (κ2) is 10.3. The van der Waals surface area contributed by atoms with Crippen molar-refractivity contribution in [3.8, 4) is 0 Å². The summed E-state index contributed by atoms with van der Waals surface area (Å²) < 4.78 is 64.2. The Bertz CT molecular complexity index is 1210. The van der Waals surface area contributed by atoms with E-state index in [9.17, 15) is 22.0 Å². The molecule has 0 amide bonds. The van der Waals surface area contributed by atoms with Crippen molar-refractivity contribution in [1.82, 2.24) is 15.2 Å². The molecule has 0 bridgehead atoms. The number of para-hydroxylation sites is 1. The lowest BCUT2D eigenvalue weighted by atomic mass is 9.79. The quantitative estimate of drug-likeness (QED) is 0.406. The number of piperidine rings is 1. The molecule has 2 atom stereocenters. The second-order valence-electron chi connectivity index (χ2n) is 10.8. The van der Waals surface area contributed by atoms with Gasteiger partial charge in [-0.3, -0.25) is 4.90 Å². The zero-order chi connectivity index (χ0) is 26.2. The van der Waals surface area contributed by atoms with E-state index in [0.717, 1.165) is 55.3 Å². The van der Waals surface area contributed by atoms with Gasteiger partial charge in [-0.2, -0.15) is 13.2 Å². The van der Waals surface area contributed by atoms with E-state index in [1.54, 1.807) is 0 Å². The molecule has 3 aliphatic heterocycles. The normalized spacial score (nSPS) is 24.3. The van der Waals surface area contributed by atoms with Crippen LogP contribution >= 0.6 is 0 Å². The van der Waals surface area contributed by atoms with Crippen LogP contribution < -0.4 is 10.2 Å². The molecule has 200 valence electrons. The molecule has 2 fully saturated rings. The van der Waals surface area contributed by atoms with E-state index in [-0.39, 0.29) is 6.04 Å². The van der Waals surface area contributed by atoms with Gasteiger partial charge >= 0.3 is 6.18 Å². The summed E-state index contributed by atoms with van der Waals surface area (Å²) in [6.45, 7) is 5.24. The molecular weight excluding hydrogens is 487 g/mol. The number of H-pyrrole nitrogens is 1. The van der Waals surface area contributed by atoms with Gasteiger partial charge in [0.05, 0.1) is 6.54 Å². The van der Waals surface area contributed by atoms with E-state index in [1.165, 1.54) is 35.4 Å². The summed E-state index contributed by atoms with van der Waals surface area (Å²) in [6, 6.07) is 11.6. The standard InChI is InChI=1S/C14H15F3N2.C14H18F2N2/c1-9-6-11-10-4-2-3-5-12(10)18-13(11)7-19(9)8-14(15,16)17;15-11-6-12(16)8-13(7-11)18-5-1-2-14(10-18)3-4-17-9-14/h2-5,9,18H,6-8H2,1H3;6-8,17H,1-5,9-10H2. The van der Waals surface area contributed by atoms with E-state index in [2.05, 4.69) is 15.2 Å². The molecule has 0 saturated carbocycles. The summed E-state index contributed by atoms with van der Waals surface area (Å²) in [7, 11) is 0. The molecule has 0 aliphatic carbocycles. The second-order valence-corrected chi connectivity index (χ2v) is 10.8. The van der Waals surface area contributed by atoms with Gasteiger partial charge in [0.1, 0.15) is 11.6 Å². The number of halogens is 5. The van der Waals surface area contributed by atoms with Crippen molar-refractivity contribution in [3.63, 3.8) is 0 Å². The number of aromatic amines is 1. The highest BCUT2D eigenvalue weighted by molar-refractivity contribution is 5.84. The molecule has 3 aliphatic rings. The van der Waals surface area contributed by atoms with Gasteiger partial charge in [0, 0.05) is 66.0 Å². The van der Waals surface area contributed by atoms with E-state index >= 15 is 0 Å². The molecule has 4 nitrogen and oxygen atoms in total. The summed E-state index contributed by atoms with van der Waals surface area (Å²) >= 11 is 0. The molecule has 2 unspecified atom stereocenters. The average Bonchev–Trinajstić information content (AvgIpc) is 3.42. The van der Waals surface area contributed by atoms with Crippen molar-refractivity contribution < 1.29 is 22.0 Å². The predicted octanol–water partition coefficient (Wildman–Crippen LogP) is 6.02. The number of benzene rings is 2. The number of hydrogen-bond donors (Lipinski definition) is 2. The number of anilines is 1. The van der Waals surface area contributed by atoms with E-state index in [4.69, 9.17) is 0 Å². The van der Waals surface area contributed by atoms with Gasteiger partial charge in [-0.1, -0.05) is 18.2 Å². The van der Waals surface area contributed by atoms with Crippen LogP contribution in [0.1, 0.15) is 37.4 Å². The van der Waals surface area contributed by atoms with Crippen molar-refractivity contribution in [3.05, 3.63) is 65.4 Å². The van der Waals surface area contributed by atoms with Crippen LogP contribution in [-0.2, 0) is 13.0 Å². The molecule has 9 heteroatoms. The van der Waals surface area contributed by atoms with E-state index in [1.807, 2.05) is 31.2 Å². The monoisotopic (exact) mass is 520 g/mol. The van der Waals surface area contributed by atoms with Crippen molar-refractivity contribution in [2.45, 2.75) is 51.4 Å². The topological polar surface area (TPSA) is 34.3 Å². The molecule has 1 spiro atoms. The predicted molar refractivity (Wildman–Crippen MR) is 136 cm³/mol. The molecule has 6 rings (SSSR count). The highest BCUT2D eigenvalue weighted by Crippen LogP contribution is 2.37. The van der Waals surface area contributed by atoms with Crippen LogP contribution in [0, 0.1) is 17.0 Å². The maximum atomic E-state index is 13.3. The van der Waals surface area contributed by atoms with Crippen molar-refractivity contribution in [2.24, 2.45) is 5.41 Å². The van der Waals surface area contributed by atoms with Crippen LogP contribution in [0.15, 0.2) is 42.5 Å². The summed E-state index contributed by atoms with van der Waals surface area (Å²) in [5, 5.41) is 4.54. The van der Waals surface area contributed by atoms with Crippen molar-refractivity contribution in [1.29, 1.82) is 0 Å². The van der Waals surface area contributed by atoms with Crippen LogP contribution in [0.3, 0.4) is 0 Å². The van der Waals surface area contributed by atoms with Crippen molar-refractivity contribution in [2.75, 3.05) is 37.6 Å². The van der Waals surface area contributed by atoms with E-state index < -0.39 is 24.4 Å². The average molecular weight is 521 g/mol. The fraction of sp³-hybridized carbons (Fsp3) is 0.500. The minimum atomic E-state index is -4.14. The minimum absolute atomic E-state index is 0.0895. The van der Waals surface area contributed by atoms with Gasteiger partial charge in [0.15, 0.2) is 0 Å². The lowest BCUT2D eigenvalue weighted by Gasteiger charge is -2.41. The highest BCUT2D eigenvalue weighted by Gasteiger charge is 2.38. The Morgan fingerprint density at radius 3 is 2.51 bits per heavy atom. The molecule has 0 radical (unpaired) electrons. The maximum Gasteiger partial charge on any atom is 0.401 e. The summed E-state index contributed by atoms with van der Waals surface area (Å²) in [5.41, 5.74) is 4.08. The van der Waals surface area contributed by atoms with Crippen LogP contribution in [-0.4, -0.2) is 54.8 Å². The Balaban J connectivity index is 0.000000152. The third-order valence-corrected chi connectivity index (χ3v) is 7.97. The molecule has 2 N–H and O–H groups in total. The molecule has 4 heterocycles. The largest absolute Gasteiger partial charge is 0.401 e. The van der Waals surface area contributed by atoms with Gasteiger partial charge in [-0.05, 0) is 62.9 Å². The third-order valence-electron chi connectivity index (χ3n) is 7.97. The Labute approximate surface area is 213 Å². The van der Waals surface area contributed by atoms with Crippen LogP contribution in [0.2, 0.25) is 0 Å². The first kappa shape index (κ1) is 26.0. The first-order valence-electron chi connectivity index (χ1n) is 12.9. The minimum Gasteiger partial charge on any atom is -0.371 e. The molecule has 2 aromatic carbocycles. The molecule has 2 saturated heterocycles. The van der Waals surface area contributed by atoms with Crippen LogP contribution in [0.25, 0.3) is 10.9 Å². The number of nitrogens with one attached hydrogen (secondary N) is 2. The van der Waals surface area contributed by atoms with Crippen LogP contribution in [0.4, 0.5) is 27.6 Å². The van der Waals surface area contributed by atoms with Gasteiger partial charge in [0.25, 0.3) is 0 Å². The fourth-order valence-electron chi connectivity index (χ4n) is 6.14. The number of nitrogens with zero attached hydrogens (tertiary/aromatic N) is 2. The molecular formula is C28H33F5N4. The molecule has 1 aromatic heterocycles. The first-order valence-corrected chi connectivity index (χ1v) is 12.9. The zero-order valence-electron chi connectivity index (χ0n) is 21.0. The maximum absolute atomic E-state index is 13.3. The Hall–Kier alpha value is -2.65. The van der Waals surface area contributed by atoms with Gasteiger partial charge < -0.3 is 15.2 Å². The third kappa shape index (κ3) is 5.93. The number of fused-ring (bicyclic) bond motifs is 3. The lowest BCUT2D eigenvalue weighted by Crippen LogP contribution is -2.44. The van der Waals surface area contributed by atoms with E-state index in [0.29, 0.717) is 24.1 Å². The Morgan fingerprint density at radius 2 is 1.81 bits per heavy atom. The summed E-state index contributed by atoms with van der Waals surface area (Å²) in [5.74, 6) is -0.983. The van der Waals surface area contributed by atoms with Gasteiger partial charge in [-0.25, -0.2) is 8.78 Å². The Morgan fingerprint density at radius 1 is 1.05 bits per heavy atom.